The van der Waals surface area contributed by atoms with E-state index in [1.165, 1.54) is 43.1 Å². The van der Waals surface area contributed by atoms with Crippen LogP contribution in [-0.2, 0) is 0 Å². The molecule has 0 aliphatic rings. The van der Waals surface area contributed by atoms with Gasteiger partial charge in [0.25, 0.3) is 0 Å². The number of hydrogen-bond donors (Lipinski definition) is 0. The average molecular weight is 819 g/mol. The molecule has 0 amide bonds. The molecule has 0 atom stereocenters. The van der Waals surface area contributed by atoms with Crippen molar-refractivity contribution >= 4 is 103 Å². The van der Waals surface area contributed by atoms with Crippen LogP contribution in [0.25, 0.3) is 110 Å². The lowest BCUT2D eigenvalue weighted by Gasteiger charge is -2.24. The van der Waals surface area contributed by atoms with Crippen molar-refractivity contribution in [1.29, 1.82) is 0 Å². The molecule has 5 heterocycles. The smallest absolute Gasteiger partial charge is 0.165 e. The summed E-state index contributed by atoms with van der Waals surface area (Å²) in [4.78, 5) is 6.11. The van der Waals surface area contributed by atoms with Gasteiger partial charge in [0.15, 0.2) is 11.6 Å². The number of fused-ring (bicyclic) bond motifs is 12. The van der Waals surface area contributed by atoms with E-state index in [1.54, 1.807) is 0 Å². The molecule has 5 nitrogen and oxygen atoms in total. The number of aromatic nitrogens is 5. The summed E-state index contributed by atoms with van der Waals surface area (Å²) in [5, 5.41) is 9.47. The van der Waals surface area contributed by atoms with Crippen molar-refractivity contribution in [3.8, 4) is 23.0 Å². The number of rotatable bonds is 4. The van der Waals surface area contributed by atoms with Crippen molar-refractivity contribution in [2.75, 3.05) is 0 Å². The van der Waals surface area contributed by atoms with Gasteiger partial charge in [-0.15, -0.1) is 0 Å². The first-order chi connectivity index (χ1) is 29.3. The second-order valence-electron chi connectivity index (χ2n) is 15.2. The Labute approximate surface area is 346 Å². The van der Waals surface area contributed by atoms with E-state index in [1.807, 2.05) is 0 Å². The van der Waals surface area contributed by atoms with E-state index in [0.717, 1.165) is 71.6 Å². The second kappa shape index (κ2) is 12.3. The maximum absolute atomic E-state index is 6.11. The fourth-order valence-corrected chi connectivity index (χ4v) is 10.6. The molecular weight excluding hydrogens is 787 g/mol. The molecule has 0 saturated heterocycles. The van der Waals surface area contributed by atoms with Gasteiger partial charge in [-0.3, -0.25) is 9.13 Å². The standard InChI is InChI=1S/C53H32BrN5/c54-49-50(56-41-25-9-1-17-33(41)34-18-2-10-26-42(34)56)52(58-45-29-13-5-21-37(45)38-22-6-14-30-46(38)58)55-53(59-47-31-15-7-23-39(47)40-24-8-16-32-48(40)59)51(49)57-43-27-11-3-19-35(43)36-20-4-12-28-44(36)57/h1-32H. The Morgan fingerprint density at radius 3 is 0.661 bits per heavy atom. The van der Waals surface area contributed by atoms with Gasteiger partial charge in [-0.2, -0.15) is 0 Å². The molecule has 0 radical (unpaired) electrons. The first-order valence-electron chi connectivity index (χ1n) is 19.9. The summed E-state index contributed by atoms with van der Waals surface area (Å²) in [7, 11) is 0. The van der Waals surface area contributed by atoms with Gasteiger partial charge < -0.3 is 9.13 Å². The zero-order valence-electron chi connectivity index (χ0n) is 31.6. The van der Waals surface area contributed by atoms with Crippen LogP contribution >= 0.6 is 15.9 Å². The van der Waals surface area contributed by atoms with E-state index in [2.05, 4.69) is 228 Å². The van der Waals surface area contributed by atoms with E-state index in [0.29, 0.717) is 0 Å². The Morgan fingerprint density at radius 1 is 0.254 bits per heavy atom. The number of halogens is 1. The maximum atomic E-state index is 6.11. The molecule has 0 N–H and O–H groups in total. The Balaban J connectivity index is 1.33. The summed E-state index contributed by atoms with van der Waals surface area (Å²) in [6, 6.07) is 69.8. The Morgan fingerprint density at radius 2 is 0.441 bits per heavy atom. The highest BCUT2D eigenvalue weighted by Gasteiger charge is 2.30. The minimum absolute atomic E-state index is 0.821. The number of para-hydroxylation sites is 8. The van der Waals surface area contributed by atoms with Crippen LogP contribution in [0.15, 0.2) is 199 Å². The highest BCUT2D eigenvalue weighted by molar-refractivity contribution is 9.10. The third-order valence-electron chi connectivity index (χ3n) is 12.2. The SMILES string of the molecule is Brc1c(-n2c3ccccc3c3ccccc32)c(-n2c3ccccc3c3ccccc32)nc(-n2c3ccccc3c3ccccc32)c1-n1c2ccccc2c2ccccc21. The highest BCUT2D eigenvalue weighted by atomic mass is 79.9. The molecule has 13 rings (SSSR count). The third-order valence-corrected chi connectivity index (χ3v) is 13.0. The van der Waals surface area contributed by atoms with Crippen molar-refractivity contribution in [2.45, 2.75) is 0 Å². The van der Waals surface area contributed by atoms with Gasteiger partial charge in [-0.1, -0.05) is 146 Å². The summed E-state index contributed by atoms with van der Waals surface area (Å²) in [6.07, 6.45) is 0. The summed E-state index contributed by atoms with van der Waals surface area (Å²) in [5.41, 5.74) is 10.7. The van der Waals surface area contributed by atoms with Crippen LogP contribution in [0, 0.1) is 0 Å². The zero-order chi connectivity index (χ0) is 38.8. The fourth-order valence-electron chi connectivity index (χ4n) is 9.85. The molecule has 0 fully saturated rings. The van der Waals surface area contributed by atoms with Gasteiger partial charge in [0.05, 0.1) is 48.6 Å². The van der Waals surface area contributed by atoms with E-state index < -0.39 is 0 Å². The van der Waals surface area contributed by atoms with E-state index in [-0.39, 0.29) is 0 Å². The van der Waals surface area contributed by atoms with Gasteiger partial charge in [0, 0.05) is 43.1 Å². The summed E-state index contributed by atoms with van der Waals surface area (Å²) >= 11 is 4.49. The number of nitrogens with zero attached hydrogens (tertiary/aromatic N) is 5. The Hall–Kier alpha value is -7.41. The normalized spacial score (nSPS) is 12.2. The van der Waals surface area contributed by atoms with Gasteiger partial charge in [0.2, 0.25) is 0 Å². The van der Waals surface area contributed by atoms with E-state index in [4.69, 9.17) is 4.98 Å². The molecule has 5 aromatic heterocycles. The van der Waals surface area contributed by atoms with Crippen molar-refractivity contribution in [2.24, 2.45) is 0 Å². The molecule has 8 aromatic carbocycles. The van der Waals surface area contributed by atoms with Gasteiger partial charge in [-0.25, -0.2) is 4.98 Å². The molecule has 0 aliphatic carbocycles. The third kappa shape index (κ3) is 4.41. The molecular formula is C53H32BrN5. The lowest BCUT2D eigenvalue weighted by atomic mass is 10.2. The van der Waals surface area contributed by atoms with Crippen LogP contribution < -0.4 is 0 Å². The molecule has 6 heteroatoms. The predicted octanol–water partition coefficient (Wildman–Crippen LogP) is 14.2. The molecule has 13 aromatic rings. The molecule has 0 bridgehead atoms. The molecule has 0 saturated carbocycles. The van der Waals surface area contributed by atoms with Crippen LogP contribution in [0.1, 0.15) is 0 Å². The monoisotopic (exact) mass is 817 g/mol. The molecule has 0 spiro atoms. The first kappa shape index (κ1) is 32.7. The second-order valence-corrected chi connectivity index (χ2v) is 16.0. The molecule has 276 valence electrons. The van der Waals surface area contributed by atoms with Crippen molar-refractivity contribution in [3.05, 3.63) is 199 Å². The van der Waals surface area contributed by atoms with Crippen LogP contribution in [0.2, 0.25) is 0 Å². The van der Waals surface area contributed by atoms with Crippen LogP contribution in [-0.4, -0.2) is 23.3 Å². The van der Waals surface area contributed by atoms with Crippen LogP contribution in [0.3, 0.4) is 0 Å². The van der Waals surface area contributed by atoms with Gasteiger partial charge in [-0.05, 0) is 64.5 Å². The molecule has 0 unspecified atom stereocenters. The Kier molecular flexibility index (Phi) is 6.80. The quantitative estimate of drug-likeness (QED) is 0.174. The number of pyridine rings is 1. The maximum Gasteiger partial charge on any atom is 0.165 e. The van der Waals surface area contributed by atoms with Gasteiger partial charge >= 0.3 is 0 Å². The largest absolute Gasteiger partial charge is 0.305 e. The topological polar surface area (TPSA) is 32.6 Å². The van der Waals surface area contributed by atoms with Gasteiger partial charge in [0.1, 0.15) is 11.4 Å². The fraction of sp³-hybridized carbons (Fsp3) is 0. The number of benzene rings is 8. The summed E-state index contributed by atoms with van der Waals surface area (Å²) in [5.74, 6) is 1.64. The summed E-state index contributed by atoms with van der Waals surface area (Å²) in [6.45, 7) is 0. The lowest BCUT2D eigenvalue weighted by Crippen LogP contribution is -2.15. The first-order valence-corrected chi connectivity index (χ1v) is 20.7. The molecule has 59 heavy (non-hydrogen) atoms. The Bertz CT molecular complexity index is 3410. The van der Waals surface area contributed by atoms with Crippen molar-refractivity contribution < 1.29 is 0 Å². The lowest BCUT2D eigenvalue weighted by molar-refractivity contribution is 0.951. The summed E-state index contributed by atoms with van der Waals surface area (Å²) < 4.78 is 10.5. The molecule has 0 aliphatic heterocycles. The highest BCUT2D eigenvalue weighted by Crippen LogP contribution is 2.47. The van der Waals surface area contributed by atoms with Crippen LogP contribution in [0.4, 0.5) is 0 Å². The predicted molar refractivity (Wildman–Crippen MR) is 249 cm³/mol. The van der Waals surface area contributed by atoms with E-state index >= 15 is 0 Å². The van der Waals surface area contributed by atoms with E-state index in [9.17, 15) is 0 Å². The minimum Gasteiger partial charge on any atom is -0.305 e. The van der Waals surface area contributed by atoms with Crippen LogP contribution in [0.5, 0.6) is 0 Å². The van der Waals surface area contributed by atoms with Crippen molar-refractivity contribution in [3.63, 3.8) is 0 Å². The minimum atomic E-state index is 0.821. The average Bonchev–Trinajstić information content (AvgIpc) is 4.02. The zero-order valence-corrected chi connectivity index (χ0v) is 33.2. The van der Waals surface area contributed by atoms with Crippen molar-refractivity contribution in [1.82, 2.24) is 23.3 Å². The number of hydrogen-bond acceptors (Lipinski definition) is 1.